The molecule has 0 spiro atoms. The number of hydrogen-bond acceptors (Lipinski definition) is 1. The number of carbonyl (C=O) groups is 1. The minimum absolute atomic E-state index is 0.289. The molecule has 0 aliphatic heterocycles. The summed E-state index contributed by atoms with van der Waals surface area (Å²) in [6.45, 7) is 2.10. The Bertz CT molecular complexity index is 734. The smallest absolute Gasteiger partial charge is 0.143 e. The fraction of sp³-hybridized carbons (Fsp3) is 0.278. The molecule has 0 heterocycles. The van der Waals surface area contributed by atoms with Gasteiger partial charge in [0.15, 0.2) is 0 Å². The van der Waals surface area contributed by atoms with E-state index in [0.29, 0.717) is 17.2 Å². The molecule has 4 rings (SSSR count). The molecule has 0 saturated heterocycles. The number of halogens is 1. The summed E-state index contributed by atoms with van der Waals surface area (Å²) in [6.07, 6.45) is 1.61. The van der Waals surface area contributed by atoms with Crippen LogP contribution in [0.5, 0.6) is 0 Å². The molecule has 0 radical (unpaired) electrons. The van der Waals surface area contributed by atoms with Crippen LogP contribution < -0.4 is 0 Å². The lowest BCUT2D eigenvalue weighted by molar-refractivity contribution is -0.121. The molecule has 2 aliphatic rings. The maximum atomic E-state index is 12.6. The largest absolute Gasteiger partial charge is 0.299 e. The summed E-state index contributed by atoms with van der Waals surface area (Å²) in [7, 11) is 0. The summed E-state index contributed by atoms with van der Waals surface area (Å²) in [5.41, 5.74) is 4.44. The van der Waals surface area contributed by atoms with Gasteiger partial charge in [0, 0.05) is 17.4 Å². The summed E-state index contributed by atoms with van der Waals surface area (Å²) in [4.78, 5) is 12.6. The van der Waals surface area contributed by atoms with Crippen LogP contribution in [-0.2, 0) is 10.2 Å². The van der Waals surface area contributed by atoms with Gasteiger partial charge in [0.25, 0.3) is 0 Å². The van der Waals surface area contributed by atoms with Gasteiger partial charge in [-0.25, -0.2) is 0 Å². The summed E-state index contributed by atoms with van der Waals surface area (Å²) in [5.74, 6) is 0.637. The van der Waals surface area contributed by atoms with Gasteiger partial charge < -0.3 is 0 Å². The van der Waals surface area contributed by atoms with Crippen LogP contribution in [0.25, 0.3) is 11.1 Å². The predicted molar refractivity (Wildman–Crippen MR) is 81.2 cm³/mol. The van der Waals surface area contributed by atoms with E-state index in [9.17, 15) is 4.79 Å². The summed E-state index contributed by atoms with van der Waals surface area (Å²) in [5, 5.41) is 0.711. The van der Waals surface area contributed by atoms with E-state index in [4.69, 9.17) is 11.6 Å². The van der Waals surface area contributed by atoms with Crippen LogP contribution in [0.3, 0.4) is 0 Å². The first-order chi connectivity index (χ1) is 9.62. The van der Waals surface area contributed by atoms with Crippen molar-refractivity contribution in [3.8, 4) is 11.1 Å². The number of fused-ring (bicyclic) bond motifs is 6. The molecule has 0 amide bonds. The molecular weight excluding hydrogens is 268 g/mol. The van der Waals surface area contributed by atoms with E-state index in [2.05, 4.69) is 37.3 Å². The Kier molecular flexibility index (Phi) is 2.41. The second kappa shape index (κ2) is 3.95. The molecule has 1 saturated carbocycles. The van der Waals surface area contributed by atoms with Crippen LogP contribution >= 0.6 is 11.6 Å². The number of rotatable bonds is 0. The molecule has 0 N–H and O–H groups in total. The molecule has 2 aromatic rings. The highest BCUT2D eigenvalue weighted by atomic mass is 35.5. The number of hydrogen-bond donors (Lipinski definition) is 0. The highest BCUT2D eigenvalue weighted by Crippen LogP contribution is 2.56. The summed E-state index contributed by atoms with van der Waals surface area (Å²) >= 11 is 6.19. The van der Waals surface area contributed by atoms with E-state index in [1.807, 2.05) is 12.1 Å². The third-order valence-electron chi connectivity index (χ3n) is 5.10. The average Bonchev–Trinajstić information content (AvgIpc) is 2.77. The molecule has 2 heteroatoms. The first-order valence-electron chi connectivity index (χ1n) is 7.05. The zero-order chi connectivity index (χ0) is 13.9. The van der Waals surface area contributed by atoms with Gasteiger partial charge in [0.05, 0.1) is 5.41 Å². The average molecular weight is 283 g/mol. The van der Waals surface area contributed by atoms with Crippen molar-refractivity contribution in [2.75, 3.05) is 0 Å². The monoisotopic (exact) mass is 282 g/mol. The van der Waals surface area contributed by atoms with Crippen molar-refractivity contribution in [2.45, 2.75) is 31.1 Å². The van der Waals surface area contributed by atoms with Crippen LogP contribution in [-0.4, -0.2) is 5.78 Å². The molecule has 0 bridgehead atoms. The van der Waals surface area contributed by atoms with E-state index >= 15 is 0 Å². The van der Waals surface area contributed by atoms with Crippen LogP contribution in [0.15, 0.2) is 42.5 Å². The van der Waals surface area contributed by atoms with E-state index < -0.39 is 5.41 Å². The second-order valence-corrected chi connectivity index (χ2v) is 6.43. The van der Waals surface area contributed by atoms with Gasteiger partial charge in [-0.1, -0.05) is 41.9 Å². The summed E-state index contributed by atoms with van der Waals surface area (Å²) < 4.78 is 0. The van der Waals surface area contributed by atoms with Crippen LogP contribution in [0.4, 0.5) is 0 Å². The number of Topliss-reactive ketones (excluding diaryl/α,β-unsaturated/α-hetero) is 1. The highest BCUT2D eigenvalue weighted by Gasteiger charge is 2.51. The molecule has 100 valence electrons. The third kappa shape index (κ3) is 1.36. The van der Waals surface area contributed by atoms with Crippen molar-refractivity contribution in [3.63, 3.8) is 0 Å². The van der Waals surface area contributed by atoms with Gasteiger partial charge >= 0.3 is 0 Å². The van der Waals surface area contributed by atoms with E-state index in [-0.39, 0.29) is 5.92 Å². The van der Waals surface area contributed by atoms with Gasteiger partial charge in [-0.15, -0.1) is 0 Å². The van der Waals surface area contributed by atoms with Gasteiger partial charge in [0.1, 0.15) is 5.78 Å². The SMILES string of the molecule is C[C@]12C(=O)CC[C@@H]1c1ccccc1-c1ccc(Cl)cc12. The van der Waals surface area contributed by atoms with E-state index in [0.717, 1.165) is 12.0 Å². The zero-order valence-corrected chi connectivity index (χ0v) is 12.1. The molecule has 2 aromatic carbocycles. The zero-order valence-electron chi connectivity index (χ0n) is 11.3. The van der Waals surface area contributed by atoms with Gasteiger partial charge in [0.2, 0.25) is 0 Å². The molecule has 0 unspecified atom stereocenters. The Morgan fingerprint density at radius 3 is 2.80 bits per heavy atom. The predicted octanol–water partition coefficient (Wildman–Crippen LogP) is 4.72. The Morgan fingerprint density at radius 1 is 1.15 bits per heavy atom. The first-order valence-corrected chi connectivity index (χ1v) is 7.43. The van der Waals surface area contributed by atoms with Crippen LogP contribution in [0.1, 0.15) is 36.8 Å². The van der Waals surface area contributed by atoms with Crippen molar-refractivity contribution < 1.29 is 4.79 Å². The fourth-order valence-corrected chi connectivity index (χ4v) is 4.22. The van der Waals surface area contributed by atoms with Gasteiger partial charge in [-0.2, -0.15) is 0 Å². The minimum atomic E-state index is -0.408. The highest BCUT2D eigenvalue weighted by molar-refractivity contribution is 6.30. The lowest BCUT2D eigenvalue weighted by Gasteiger charge is -2.38. The number of ketones is 1. The normalized spacial score (nSPS) is 26.9. The topological polar surface area (TPSA) is 17.1 Å². The molecular formula is C18H15ClO. The number of carbonyl (C=O) groups excluding carboxylic acids is 1. The fourth-order valence-electron chi connectivity index (χ4n) is 4.05. The van der Waals surface area contributed by atoms with Gasteiger partial charge in [-0.05, 0) is 47.7 Å². The van der Waals surface area contributed by atoms with Crippen molar-refractivity contribution in [1.29, 1.82) is 0 Å². The van der Waals surface area contributed by atoms with E-state index in [1.165, 1.54) is 16.7 Å². The molecule has 20 heavy (non-hydrogen) atoms. The maximum absolute atomic E-state index is 12.6. The maximum Gasteiger partial charge on any atom is 0.143 e. The Morgan fingerprint density at radius 2 is 1.95 bits per heavy atom. The van der Waals surface area contributed by atoms with Crippen LogP contribution in [0, 0.1) is 0 Å². The van der Waals surface area contributed by atoms with E-state index in [1.54, 1.807) is 0 Å². The standard InChI is InChI=1S/C18H15ClO/c1-18-15(8-9-17(18)20)13-5-3-2-4-12(13)14-7-6-11(19)10-16(14)18/h2-7,10,15H,8-9H2,1H3/t15-,18+/m1/s1. The second-order valence-electron chi connectivity index (χ2n) is 5.99. The lowest BCUT2D eigenvalue weighted by atomic mass is 9.63. The Hall–Kier alpha value is -1.60. The third-order valence-corrected chi connectivity index (χ3v) is 5.34. The van der Waals surface area contributed by atoms with Crippen LogP contribution in [0.2, 0.25) is 5.02 Å². The lowest BCUT2D eigenvalue weighted by Crippen LogP contribution is -2.36. The molecule has 2 atom stereocenters. The summed E-state index contributed by atoms with van der Waals surface area (Å²) in [6, 6.07) is 14.4. The molecule has 1 nitrogen and oxygen atoms in total. The first kappa shape index (κ1) is 12.2. The van der Waals surface area contributed by atoms with Crippen molar-refractivity contribution in [1.82, 2.24) is 0 Å². The molecule has 1 fully saturated rings. The minimum Gasteiger partial charge on any atom is -0.299 e. The Balaban J connectivity index is 2.11. The molecule has 2 aliphatic carbocycles. The number of benzene rings is 2. The Labute approximate surface area is 123 Å². The van der Waals surface area contributed by atoms with Crippen molar-refractivity contribution in [2.24, 2.45) is 0 Å². The van der Waals surface area contributed by atoms with Crippen molar-refractivity contribution in [3.05, 3.63) is 58.6 Å². The van der Waals surface area contributed by atoms with Crippen molar-refractivity contribution >= 4 is 17.4 Å². The molecule has 0 aromatic heterocycles. The quantitative estimate of drug-likeness (QED) is 0.683. The van der Waals surface area contributed by atoms with Gasteiger partial charge in [-0.3, -0.25) is 4.79 Å².